The lowest BCUT2D eigenvalue weighted by atomic mass is 10.1. The molecule has 0 saturated heterocycles. The predicted octanol–water partition coefficient (Wildman–Crippen LogP) is 4.29. The van der Waals surface area contributed by atoms with E-state index < -0.39 is 0 Å². The van der Waals surface area contributed by atoms with Crippen molar-refractivity contribution in [3.05, 3.63) is 58.4 Å². The molecule has 3 heteroatoms. The van der Waals surface area contributed by atoms with E-state index in [1.165, 1.54) is 40.6 Å². The van der Waals surface area contributed by atoms with Gasteiger partial charge >= 0.3 is 0 Å². The third kappa shape index (κ3) is 3.36. The Hall–Kier alpha value is -1.58. The smallest absolute Gasteiger partial charge is 0.0569 e. The number of rotatable bonds is 7. The van der Waals surface area contributed by atoms with E-state index in [4.69, 9.17) is 0 Å². The highest BCUT2D eigenvalue weighted by Gasteiger charge is 2.08. The van der Waals surface area contributed by atoms with Crippen LogP contribution in [-0.4, -0.2) is 18.2 Å². The molecular weight excluding hydrogens is 276 g/mol. The van der Waals surface area contributed by atoms with E-state index in [-0.39, 0.29) is 0 Å². The molecule has 0 radical (unpaired) electrons. The van der Waals surface area contributed by atoms with Crippen LogP contribution in [-0.2, 0) is 13.0 Å². The van der Waals surface area contributed by atoms with Crippen LogP contribution in [0.2, 0.25) is 0 Å². The zero-order valence-electron chi connectivity index (χ0n) is 12.5. The molecule has 1 aromatic carbocycles. The summed E-state index contributed by atoms with van der Waals surface area (Å²) in [7, 11) is 2.02. The van der Waals surface area contributed by atoms with Crippen molar-refractivity contribution in [2.45, 2.75) is 25.8 Å². The molecule has 0 unspecified atom stereocenters. The van der Waals surface area contributed by atoms with Crippen LogP contribution >= 0.6 is 11.3 Å². The van der Waals surface area contributed by atoms with Gasteiger partial charge in [-0.3, -0.25) is 0 Å². The summed E-state index contributed by atoms with van der Waals surface area (Å²) in [5.41, 5.74) is 2.84. The predicted molar refractivity (Wildman–Crippen MR) is 92.2 cm³/mol. The van der Waals surface area contributed by atoms with Gasteiger partial charge in [0.15, 0.2) is 0 Å². The fourth-order valence-corrected chi connectivity index (χ4v) is 3.54. The molecule has 0 bridgehead atoms. The van der Waals surface area contributed by atoms with Gasteiger partial charge in [0.1, 0.15) is 0 Å². The topological polar surface area (TPSA) is 17.0 Å². The third-order valence-electron chi connectivity index (χ3n) is 3.90. The molecule has 110 valence electrons. The minimum atomic E-state index is 0.981. The second-order valence-corrected chi connectivity index (χ2v) is 6.47. The average Bonchev–Trinajstić information content (AvgIpc) is 3.13. The first-order valence-electron chi connectivity index (χ1n) is 7.62. The van der Waals surface area contributed by atoms with Crippen molar-refractivity contribution in [2.24, 2.45) is 0 Å². The number of aromatic nitrogens is 1. The van der Waals surface area contributed by atoms with Crippen LogP contribution in [0.4, 0.5) is 0 Å². The van der Waals surface area contributed by atoms with Gasteiger partial charge in [-0.1, -0.05) is 24.3 Å². The maximum absolute atomic E-state index is 3.22. The molecule has 2 nitrogen and oxygen atoms in total. The van der Waals surface area contributed by atoms with Gasteiger partial charge in [-0.15, -0.1) is 11.3 Å². The number of hydrogen-bond acceptors (Lipinski definition) is 2. The van der Waals surface area contributed by atoms with Gasteiger partial charge in [-0.2, -0.15) is 0 Å². The highest BCUT2D eigenvalue weighted by molar-refractivity contribution is 7.09. The molecule has 0 fully saturated rings. The summed E-state index contributed by atoms with van der Waals surface area (Å²) >= 11 is 1.83. The van der Waals surface area contributed by atoms with Gasteiger partial charge in [0.2, 0.25) is 0 Å². The van der Waals surface area contributed by atoms with Crippen LogP contribution in [0.3, 0.4) is 0 Å². The first-order chi connectivity index (χ1) is 10.4. The fourth-order valence-electron chi connectivity index (χ4n) is 2.84. The van der Waals surface area contributed by atoms with Gasteiger partial charge < -0.3 is 9.88 Å². The summed E-state index contributed by atoms with van der Waals surface area (Å²) in [6.07, 6.45) is 6.00. The van der Waals surface area contributed by atoms with Gasteiger partial charge in [-0.25, -0.2) is 0 Å². The molecule has 3 aromatic rings. The number of unbranched alkanes of at least 4 members (excludes halogenated alkanes) is 1. The summed E-state index contributed by atoms with van der Waals surface area (Å²) in [5.74, 6) is 0. The Labute approximate surface area is 130 Å². The molecule has 21 heavy (non-hydrogen) atoms. The van der Waals surface area contributed by atoms with Crippen molar-refractivity contribution in [2.75, 3.05) is 13.6 Å². The lowest BCUT2D eigenvalue weighted by Gasteiger charge is -2.02. The molecule has 0 aliphatic carbocycles. The van der Waals surface area contributed by atoms with E-state index in [2.05, 4.69) is 57.9 Å². The third-order valence-corrected chi connectivity index (χ3v) is 4.76. The van der Waals surface area contributed by atoms with Gasteiger partial charge in [0.05, 0.1) is 6.54 Å². The maximum Gasteiger partial charge on any atom is 0.0569 e. The summed E-state index contributed by atoms with van der Waals surface area (Å²) in [6, 6.07) is 13.1. The van der Waals surface area contributed by atoms with Crippen molar-refractivity contribution in [1.82, 2.24) is 9.88 Å². The van der Waals surface area contributed by atoms with Crippen molar-refractivity contribution in [3.63, 3.8) is 0 Å². The minimum absolute atomic E-state index is 0.981. The second-order valence-electron chi connectivity index (χ2n) is 5.44. The van der Waals surface area contributed by atoms with Crippen LogP contribution in [0.5, 0.6) is 0 Å². The first kappa shape index (κ1) is 14.4. The molecule has 0 spiro atoms. The Morgan fingerprint density at radius 1 is 1.10 bits per heavy atom. The number of hydrogen-bond donors (Lipinski definition) is 1. The zero-order valence-corrected chi connectivity index (χ0v) is 13.3. The van der Waals surface area contributed by atoms with Crippen molar-refractivity contribution in [3.8, 4) is 0 Å². The Morgan fingerprint density at radius 3 is 2.81 bits per heavy atom. The number of thiophene rings is 1. The maximum atomic E-state index is 3.22. The number of para-hydroxylation sites is 1. The van der Waals surface area contributed by atoms with Crippen molar-refractivity contribution in [1.29, 1.82) is 0 Å². The van der Waals surface area contributed by atoms with Crippen molar-refractivity contribution < 1.29 is 0 Å². The average molecular weight is 298 g/mol. The fraction of sp³-hybridized carbons (Fsp3) is 0.333. The standard InChI is InChI=1S/C18H22N2S/c1-19-11-5-4-7-15-13-20(14-16-8-6-12-21-16)18-10-3-2-9-17(15)18/h2-3,6,8-10,12-13,19H,4-5,7,11,14H2,1H3. The van der Waals surface area contributed by atoms with E-state index in [1.54, 1.807) is 0 Å². The number of nitrogens with zero attached hydrogens (tertiary/aromatic N) is 1. The molecule has 1 N–H and O–H groups in total. The summed E-state index contributed by atoms with van der Waals surface area (Å²) < 4.78 is 2.40. The number of nitrogens with one attached hydrogen (secondary N) is 1. The Morgan fingerprint density at radius 2 is 2.00 bits per heavy atom. The molecule has 0 aliphatic heterocycles. The first-order valence-corrected chi connectivity index (χ1v) is 8.50. The van der Waals surface area contributed by atoms with Crippen LogP contribution < -0.4 is 5.32 Å². The van der Waals surface area contributed by atoms with E-state index in [0.717, 1.165) is 13.1 Å². The van der Waals surface area contributed by atoms with Crippen LogP contribution in [0.15, 0.2) is 48.0 Å². The second kappa shape index (κ2) is 6.92. The molecule has 2 aromatic heterocycles. The summed E-state index contributed by atoms with van der Waals surface area (Å²) in [4.78, 5) is 1.41. The molecule has 0 atom stereocenters. The molecule has 0 saturated carbocycles. The zero-order chi connectivity index (χ0) is 14.5. The van der Waals surface area contributed by atoms with Crippen LogP contribution in [0.1, 0.15) is 23.3 Å². The van der Waals surface area contributed by atoms with Crippen molar-refractivity contribution >= 4 is 22.2 Å². The Kier molecular flexibility index (Phi) is 4.73. The Balaban J connectivity index is 1.83. The molecule has 2 heterocycles. The normalized spacial score (nSPS) is 11.3. The quantitative estimate of drug-likeness (QED) is 0.644. The lowest BCUT2D eigenvalue weighted by Crippen LogP contribution is -2.07. The molecular formula is C18H22N2S. The SMILES string of the molecule is CNCCCCc1cn(Cc2cccs2)c2ccccc12. The van der Waals surface area contributed by atoms with E-state index in [9.17, 15) is 0 Å². The van der Waals surface area contributed by atoms with Gasteiger partial charge in [-0.05, 0) is 55.9 Å². The van der Waals surface area contributed by atoms with E-state index >= 15 is 0 Å². The van der Waals surface area contributed by atoms with Crippen LogP contribution in [0, 0.1) is 0 Å². The number of aryl methyl sites for hydroxylation is 1. The Bertz CT molecular complexity index is 682. The monoisotopic (exact) mass is 298 g/mol. The highest BCUT2D eigenvalue weighted by Crippen LogP contribution is 2.24. The molecule has 0 aliphatic rings. The summed E-state index contributed by atoms with van der Waals surface area (Å²) in [6.45, 7) is 2.09. The minimum Gasteiger partial charge on any atom is -0.342 e. The van der Waals surface area contributed by atoms with E-state index in [1.807, 2.05) is 18.4 Å². The van der Waals surface area contributed by atoms with Gasteiger partial charge in [0.25, 0.3) is 0 Å². The largest absolute Gasteiger partial charge is 0.342 e. The van der Waals surface area contributed by atoms with Crippen LogP contribution in [0.25, 0.3) is 10.9 Å². The van der Waals surface area contributed by atoms with E-state index in [0.29, 0.717) is 0 Å². The van der Waals surface area contributed by atoms with Gasteiger partial charge in [0, 0.05) is 22.0 Å². The summed E-state index contributed by atoms with van der Waals surface area (Å²) in [5, 5.41) is 6.79. The highest BCUT2D eigenvalue weighted by atomic mass is 32.1. The molecule has 3 rings (SSSR count). The number of fused-ring (bicyclic) bond motifs is 1. The lowest BCUT2D eigenvalue weighted by molar-refractivity contribution is 0.677. The molecule has 0 amide bonds. The number of benzene rings is 1.